The van der Waals surface area contributed by atoms with Crippen molar-refractivity contribution in [3.63, 3.8) is 0 Å². The summed E-state index contributed by atoms with van der Waals surface area (Å²) < 4.78 is 45.3. The van der Waals surface area contributed by atoms with E-state index in [0.717, 1.165) is 5.56 Å². The van der Waals surface area contributed by atoms with Crippen molar-refractivity contribution in [3.8, 4) is 17.2 Å². The minimum Gasteiger partial charge on any atom is -0.455 e. The van der Waals surface area contributed by atoms with Gasteiger partial charge in [-0.15, -0.1) is 13.2 Å². The minimum atomic E-state index is -4.70. The summed E-state index contributed by atoms with van der Waals surface area (Å²) in [4.78, 5) is 0. The van der Waals surface area contributed by atoms with Crippen LogP contribution in [0.4, 0.5) is 18.9 Å². The van der Waals surface area contributed by atoms with Gasteiger partial charge in [0.05, 0.1) is 5.69 Å². The van der Waals surface area contributed by atoms with Gasteiger partial charge in [0.2, 0.25) is 0 Å². The maximum atomic E-state index is 12.0. The number of benzene rings is 2. The van der Waals surface area contributed by atoms with Crippen molar-refractivity contribution in [3.05, 3.63) is 48.0 Å². The van der Waals surface area contributed by atoms with Crippen LogP contribution in [0.2, 0.25) is 0 Å². The third-order valence-corrected chi connectivity index (χ3v) is 2.45. The van der Waals surface area contributed by atoms with Gasteiger partial charge in [-0.2, -0.15) is 0 Å². The fraction of sp³-hybridized carbons (Fsp3) is 0.143. The SMILES string of the molecule is Cc1ccc(Oc2ccc(OC(F)(F)F)cc2)c(N)c1. The Morgan fingerprint density at radius 1 is 0.950 bits per heavy atom. The molecule has 0 spiro atoms. The van der Waals surface area contributed by atoms with Crippen LogP contribution in [0.1, 0.15) is 5.56 Å². The van der Waals surface area contributed by atoms with Gasteiger partial charge in [-0.1, -0.05) is 6.07 Å². The number of nitrogens with two attached hydrogens (primary N) is 1. The first-order valence-corrected chi connectivity index (χ1v) is 5.73. The molecule has 2 aromatic rings. The zero-order valence-corrected chi connectivity index (χ0v) is 10.6. The molecule has 2 rings (SSSR count). The first kappa shape index (κ1) is 14.0. The highest BCUT2D eigenvalue weighted by atomic mass is 19.4. The van der Waals surface area contributed by atoms with Gasteiger partial charge in [0.25, 0.3) is 0 Å². The van der Waals surface area contributed by atoms with E-state index in [9.17, 15) is 13.2 Å². The van der Waals surface area contributed by atoms with E-state index < -0.39 is 6.36 Å². The van der Waals surface area contributed by atoms with Crippen LogP contribution in [-0.4, -0.2) is 6.36 Å². The molecular formula is C14H12F3NO2. The van der Waals surface area contributed by atoms with Gasteiger partial charge in [0.15, 0.2) is 0 Å². The summed E-state index contributed by atoms with van der Waals surface area (Å²) in [6.07, 6.45) is -4.70. The van der Waals surface area contributed by atoms with Crippen molar-refractivity contribution in [1.29, 1.82) is 0 Å². The summed E-state index contributed by atoms with van der Waals surface area (Å²) in [5, 5.41) is 0. The maximum absolute atomic E-state index is 12.0. The van der Waals surface area contributed by atoms with Crippen molar-refractivity contribution >= 4 is 5.69 Å². The molecule has 2 N–H and O–H groups in total. The molecule has 106 valence electrons. The van der Waals surface area contributed by atoms with E-state index in [0.29, 0.717) is 17.2 Å². The average Bonchev–Trinajstić information content (AvgIpc) is 2.33. The Morgan fingerprint density at radius 3 is 2.10 bits per heavy atom. The average molecular weight is 283 g/mol. The van der Waals surface area contributed by atoms with Gasteiger partial charge in [-0.25, -0.2) is 0 Å². The summed E-state index contributed by atoms with van der Waals surface area (Å²) in [6.45, 7) is 1.89. The summed E-state index contributed by atoms with van der Waals surface area (Å²) in [7, 11) is 0. The number of rotatable bonds is 3. The van der Waals surface area contributed by atoms with Crippen molar-refractivity contribution in [2.75, 3.05) is 5.73 Å². The Bertz CT molecular complexity index is 594. The molecule has 0 amide bonds. The lowest BCUT2D eigenvalue weighted by Gasteiger charge is -2.11. The largest absolute Gasteiger partial charge is 0.573 e. The van der Waals surface area contributed by atoms with Gasteiger partial charge >= 0.3 is 6.36 Å². The van der Waals surface area contributed by atoms with Crippen LogP contribution in [-0.2, 0) is 0 Å². The second-order valence-corrected chi connectivity index (χ2v) is 4.16. The van der Waals surface area contributed by atoms with Gasteiger partial charge < -0.3 is 15.2 Å². The lowest BCUT2D eigenvalue weighted by atomic mass is 10.2. The van der Waals surface area contributed by atoms with E-state index in [4.69, 9.17) is 10.5 Å². The number of alkyl halides is 3. The molecule has 0 aromatic heterocycles. The number of anilines is 1. The second kappa shape index (κ2) is 5.32. The third-order valence-electron chi connectivity index (χ3n) is 2.45. The zero-order valence-electron chi connectivity index (χ0n) is 10.6. The molecule has 0 atom stereocenters. The van der Waals surface area contributed by atoms with Gasteiger partial charge in [0.1, 0.15) is 17.2 Å². The Labute approximate surface area is 113 Å². The number of aryl methyl sites for hydroxylation is 1. The van der Waals surface area contributed by atoms with Gasteiger partial charge in [0, 0.05) is 0 Å². The van der Waals surface area contributed by atoms with Crippen molar-refractivity contribution < 1.29 is 22.6 Å². The molecular weight excluding hydrogens is 271 g/mol. The molecule has 0 aliphatic heterocycles. The number of hydrogen-bond donors (Lipinski definition) is 1. The lowest BCUT2D eigenvalue weighted by Crippen LogP contribution is -2.16. The maximum Gasteiger partial charge on any atom is 0.573 e. The molecule has 0 radical (unpaired) electrons. The molecule has 3 nitrogen and oxygen atoms in total. The van der Waals surface area contributed by atoms with Crippen molar-refractivity contribution in [1.82, 2.24) is 0 Å². The minimum absolute atomic E-state index is 0.304. The highest BCUT2D eigenvalue weighted by Gasteiger charge is 2.30. The van der Waals surface area contributed by atoms with E-state index in [1.165, 1.54) is 24.3 Å². The van der Waals surface area contributed by atoms with E-state index in [2.05, 4.69) is 4.74 Å². The molecule has 0 aliphatic rings. The van der Waals surface area contributed by atoms with Crippen LogP contribution in [0.5, 0.6) is 17.2 Å². The van der Waals surface area contributed by atoms with E-state index >= 15 is 0 Å². The molecule has 0 saturated carbocycles. The van der Waals surface area contributed by atoms with Crippen LogP contribution >= 0.6 is 0 Å². The smallest absolute Gasteiger partial charge is 0.455 e. The Balaban J connectivity index is 2.11. The monoisotopic (exact) mass is 283 g/mol. The molecule has 0 heterocycles. The predicted molar refractivity (Wildman–Crippen MR) is 68.8 cm³/mol. The Hall–Kier alpha value is -2.37. The highest BCUT2D eigenvalue weighted by Crippen LogP contribution is 2.30. The van der Waals surface area contributed by atoms with Crippen molar-refractivity contribution in [2.45, 2.75) is 13.3 Å². The van der Waals surface area contributed by atoms with Crippen LogP contribution in [0.3, 0.4) is 0 Å². The fourth-order valence-electron chi connectivity index (χ4n) is 1.60. The molecule has 0 fully saturated rings. The Kier molecular flexibility index (Phi) is 3.74. The molecule has 0 unspecified atom stereocenters. The molecule has 0 bridgehead atoms. The quantitative estimate of drug-likeness (QED) is 0.856. The first-order chi connectivity index (χ1) is 9.33. The number of halogens is 3. The van der Waals surface area contributed by atoms with E-state index in [1.54, 1.807) is 12.1 Å². The van der Waals surface area contributed by atoms with E-state index in [1.807, 2.05) is 13.0 Å². The van der Waals surface area contributed by atoms with Crippen LogP contribution in [0.25, 0.3) is 0 Å². The van der Waals surface area contributed by atoms with Gasteiger partial charge in [-0.05, 0) is 48.9 Å². The summed E-state index contributed by atoms with van der Waals surface area (Å²) >= 11 is 0. The topological polar surface area (TPSA) is 44.5 Å². The van der Waals surface area contributed by atoms with E-state index in [-0.39, 0.29) is 5.75 Å². The standard InChI is InChI=1S/C14H12F3NO2/c1-9-2-7-13(12(18)8-9)19-10-3-5-11(6-4-10)20-14(15,16)17/h2-8H,18H2,1H3. The van der Waals surface area contributed by atoms with Gasteiger partial charge in [-0.3, -0.25) is 0 Å². The summed E-state index contributed by atoms with van der Waals surface area (Å²) in [5.41, 5.74) is 7.23. The molecule has 2 aromatic carbocycles. The highest BCUT2D eigenvalue weighted by molar-refractivity contribution is 5.55. The fourth-order valence-corrected chi connectivity index (χ4v) is 1.60. The zero-order chi connectivity index (χ0) is 14.8. The molecule has 20 heavy (non-hydrogen) atoms. The molecule has 0 aliphatic carbocycles. The number of hydrogen-bond acceptors (Lipinski definition) is 3. The summed E-state index contributed by atoms with van der Waals surface area (Å²) in [6, 6.07) is 10.4. The number of nitrogen functional groups attached to an aromatic ring is 1. The molecule has 6 heteroatoms. The normalized spacial score (nSPS) is 11.2. The first-order valence-electron chi connectivity index (χ1n) is 5.73. The second-order valence-electron chi connectivity index (χ2n) is 4.16. The summed E-state index contributed by atoms with van der Waals surface area (Å²) in [5.74, 6) is 0.511. The molecule has 0 saturated heterocycles. The van der Waals surface area contributed by atoms with Crippen LogP contribution < -0.4 is 15.2 Å². The predicted octanol–water partition coefficient (Wildman–Crippen LogP) is 4.27. The third kappa shape index (κ3) is 3.81. The van der Waals surface area contributed by atoms with Crippen LogP contribution in [0, 0.1) is 6.92 Å². The lowest BCUT2D eigenvalue weighted by molar-refractivity contribution is -0.274. The Morgan fingerprint density at radius 2 is 1.55 bits per heavy atom. The number of ether oxygens (including phenoxy) is 2. The van der Waals surface area contributed by atoms with Crippen LogP contribution in [0.15, 0.2) is 42.5 Å². The van der Waals surface area contributed by atoms with Crippen molar-refractivity contribution in [2.24, 2.45) is 0 Å².